The summed E-state index contributed by atoms with van der Waals surface area (Å²) in [6.07, 6.45) is 6.82. The lowest BCUT2D eigenvalue weighted by molar-refractivity contribution is 0.443. The molecule has 1 aliphatic rings. The van der Waals surface area contributed by atoms with Gasteiger partial charge in [0.05, 0.1) is 0 Å². The first-order chi connectivity index (χ1) is 18.8. The topological polar surface area (TPSA) is 12.0 Å². The molecule has 0 unspecified atom stereocenters. The van der Waals surface area contributed by atoms with Gasteiger partial charge in [0.15, 0.2) is 8.07 Å². The number of anilines is 2. The van der Waals surface area contributed by atoms with Crippen molar-refractivity contribution < 1.29 is 0 Å². The lowest BCUT2D eigenvalue weighted by atomic mass is 9.84. The molecule has 1 aliphatic carbocycles. The van der Waals surface area contributed by atoms with Crippen LogP contribution in [0.2, 0.25) is 0 Å². The number of rotatable bonds is 7. The Morgan fingerprint density at radius 2 is 0.816 bits per heavy atom. The molecule has 0 saturated heterocycles. The van der Waals surface area contributed by atoms with E-state index >= 15 is 0 Å². The van der Waals surface area contributed by atoms with Crippen LogP contribution in [0.4, 0.5) is 11.4 Å². The largest absolute Gasteiger partial charge is 0.356 e. The lowest BCUT2D eigenvalue weighted by Gasteiger charge is -2.34. The van der Waals surface area contributed by atoms with E-state index in [1.54, 1.807) is 0 Å². The van der Waals surface area contributed by atoms with E-state index in [4.69, 9.17) is 0 Å². The van der Waals surface area contributed by atoms with Gasteiger partial charge in [-0.3, -0.25) is 0 Å². The van der Waals surface area contributed by atoms with E-state index in [-0.39, 0.29) is 0 Å². The third-order valence-electron chi connectivity index (χ3n) is 8.21. The molecule has 0 heterocycles. The van der Waals surface area contributed by atoms with Gasteiger partial charge in [0, 0.05) is 11.4 Å². The van der Waals surface area contributed by atoms with Gasteiger partial charge < -0.3 is 5.32 Å². The van der Waals surface area contributed by atoms with Gasteiger partial charge in [0.1, 0.15) is 0 Å². The summed E-state index contributed by atoms with van der Waals surface area (Å²) in [6.45, 7) is 0. The monoisotopic (exact) mass is 509 g/mol. The molecule has 1 fully saturated rings. The molecule has 0 atom stereocenters. The van der Waals surface area contributed by atoms with E-state index in [9.17, 15) is 0 Å². The van der Waals surface area contributed by atoms with Gasteiger partial charge in [-0.05, 0) is 69.3 Å². The molecule has 0 aliphatic heterocycles. The van der Waals surface area contributed by atoms with Gasteiger partial charge in [-0.15, -0.1) is 0 Å². The smallest absolute Gasteiger partial charge is 0.179 e. The Morgan fingerprint density at radius 1 is 0.421 bits per heavy atom. The number of benzene rings is 5. The zero-order chi connectivity index (χ0) is 25.6. The predicted octanol–water partition coefficient (Wildman–Crippen LogP) is 6.86. The minimum Gasteiger partial charge on any atom is -0.356 e. The summed E-state index contributed by atoms with van der Waals surface area (Å²) in [5.41, 5.74) is 3.77. The molecule has 1 N–H and O–H groups in total. The summed E-state index contributed by atoms with van der Waals surface area (Å²) in [6, 6.07) is 51.6. The van der Waals surface area contributed by atoms with Gasteiger partial charge in [-0.1, -0.05) is 135 Å². The van der Waals surface area contributed by atoms with Crippen LogP contribution in [-0.2, 0) is 0 Å². The van der Waals surface area contributed by atoms with Gasteiger partial charge in [-0.2, -0.15) is 0 Å². The highest BCUT2D eigenvalue weighted by Gasteiger charge is 2.41. The summed E-state index contributed by atoms with van der Waals surface area (Å²) in [7, 11) is -2.47. The number of nitrogens with one attached hydrogen (secondary N) is 1. The van der Waals surface area contributed by atoms with Gasteiger partial charge in [-0.25, -0.2) is 0 Å². The van der Waals surface area contributed by atoms with Crippen molar-refractivity contribution >= 4 is 40.2 Å². The van der Waals surface area contributed by atoms with Crippen LogP contribution < -0.4 is 26.1 Å². The molecule has 6 rings (SSSR count). The van der Waals surface area contributed by atoms with E-state index in [1.165, 1.54) is 58.4 Å². The normalized spacial score (nSPS) is 14.2. The minimum absolute atomic E-state index is 0.740. The first-order valence-electron chi connectivity index (χ1n) is 14.0. The van der Waals surface area contributed by atoms with Gasteiger partial charge >= 0.3 is 0 Å². The van der Waals surface area contributed by atoms with Crippen molar-refractivity contribution in [2.45, 2.75) is 38.0 Å². The van der Waals surface area contributed by atoms with E-state index in [1.807, 2.05) is 0 Å². The second-order valence-electron chi connectivity index (χ2n) is 10.5. The van der Waals surface area contributed by atoms with Crippen LogP contribution in [0.15, 0.2) is 140 Å². The summed E-state index contributed by atoms with van der Waals surface area (Å²) < 4.78 is 0. The first kappa shape index (κ1) is 24.5. The van der Waals surface area contributed by atoms with Crippen molar-refractivity contribution in [2.24, 2.45) is 0 Å². The average Bonchev–Trinajstić information content (AvgIpc) is 3.01. The van der Waals surface area contributed by atoms with Crippen LogP contribution in [0.1, 0.15) is 43.6 Å². The van der Waals surface area contributed by atoms with Gasteiger partial charge in [0.2, 0.25) is 0 Å². The Labute approximate surface area is 228 Å². The Kier molecular flexibility index (Phi) is 7.24. The summed E-state index contributed by atoms with van der Waals surface area (Å²) in [5, 5.41) is 9.23. The SMILES string of the molecule is c1ccc([Si](c2ccccc2)(c2ccccc2)c2ccc(Nc3ccc(C4CCCCC4)cc3)cc2)cc1. The minimum atomic E-state index is -2.47. The van der Waals surface area contributed by atoms with Crippen molar-refractivity contribution in [3.05, 3.63) is 145 Å². The summed E-state index contributed by atoms with van der Waals surface area (Å²) in [4.78, 5) is 0. The quantitative estimate of drug-likeness (QED) is 0.187. The molecule has 0 bridgehead atoms. The summed E-state index contributed by atoms with van der Waals surface area (Å²) in [5.74, 6) is 0.740. The van der Waals surface area contributed by atoms with Crippen LogP contribution in [0.5, 0.6) is 0 Å². The lowest BCUT2D eigenvalue weighted by Crippen LogP contribution is -2.74. The van der Waals surface area contributed by atoms with Crippen molar-refractivity contribution in [2.75, 3.05) is 5.32 Å². The zero-order valence-electron chi connectivity index (χ0n) is 21.9. The Bertz CT molecular complexity index is 1330. The molecule has 38 heavy (non-hydrogen) atoms. The molecule has 5 aromatic carbocycles. The molecule has 5 aromatic rings. The molecule has 1 saturated carbocycles. The van der Waals surface area contributed by atoms with Crippen molar-refractivity contribution in [3.8, 4) is 0 Å². The average molecular weight is 510 g/mol. The van der Waals surface area contributed by atoms with E-state index < -0.39 is 8.07 Å². The fraction of sp³-hybridized carbons (Fsp3) is 0.167. The first-order valence-corrected chi connectivity index (χ1v) is 16.0. The van der Waals surface area contributed by atoms with E-state index in [2.05, 4.69) is 145 Å². The van der Waals surface area contributed by atoms with Crippen LogP contribution in [-0.4, -0.2) is 8.07 Å². The molecular formula is C36H35NSi. The summed E-state index contributed by atoms with van der Waals surface area (Å²) >= 11 is 0. The van der Waals surface area contributed by atoms with Crippen molar-refractivity contribution in [3.63, 3.8) is 0 Å². The molecular weight excluding hydrogens is 474 g/mol. The highest BCUT2D eigenvalue weighted by Crippen LogP contribution is 2.33. The maximum absolute atomic E-state index is 3.65. The molecule has 188 valence electrons. The molecule has 0 radical (unpaired) electrons. The Balaban J connectivity index is 1.36. The zero-order valence-corrected chi connectivity index (χ0v) is 22.9. The standard InChI is InChI=1S/C36H35NSi/c1-5-13-29(14-6-1)30-21-23-31(24-22-30)37-32-25-27-36(28-26-32)38(33-15-7-2-8-16-33,34-17-9-3-10-18-34)35-19-11-4-12-20-35/h2-4,7-12,15-29,37H,1,5-6,13-14H2. The Hall–Kier alpha value is -3.88. The second-order valence-corrected chi connectivity index (χ2v) is 14.3. The van der Waals surface area contributed by atoms with Crippen molar-refractivity contribution in [1.82, 2.24) is 0 Å². The van der Waals surface area contributed by atoms with Gasteiger partial charge in [0.25, 0.3) is 0 Å². The molecule has 0 aromatic heterocycles. The molecule has 2 heteroatoms. The number of hydrogen-bond donors (Lipinski definition) is 1. The maximum atomic E-state index is 3.65. The molecule has 0 spiro atoms. The molecule has 1 nitrogen and oxygen atoms in total. The fourth-order valence-corrected chi connectivity index (χ4v) is 11.1. The van der Waals surface area contributed by atoms with Crippen LogP contribution in [0.25, 0.3) is 0 Å². The van der Waals surface area contributed by atoms with Crippen LogP contribution in [0, 0.1) is 0 Å². The van der Waals surface area contributed by atoms with Crippen molar-refractivity contribution in [1.29, 1.82) is 0 Å². The third kappa shape index (κ3) is 4.84. The highest BCUT2D eigenvalue weighted by atomic mass is 28.3. The second kappa shape index (κ2) is 11.2. The Morgan fingerprint density at radius 3 is 1.26 bits per heavy atom. The van der Waals surface area contributed by atoms with Crippen LogP contribution in [0.3, 0.4) is 0 Å². The number of hydrogen-bond acceptors (Lipinski definition) is 1. The highest BCUT2D eigenvalue weighted by molar-refractivity contribution is 7.19. The van der Waals surface area contributed by atoms with Crippen LogP contribution >= 0.6 is 0 Å². The third-order valence-corrected chi connectivity index (χ3v) is 13.0. The van der Waals surface area contributed by atoms with E-state index in [0.717, 1.165) is 17.3 Å². The fourth-order valence-electron chi connectivity index (χ4n) is 6.31. The van der Waals surface area contributed by atoms with E-state index in [0.29, 0.717) is 0 Å². The molecule has 0 amide bonds. The maximum Gasteiger partial charge on any atom is 0.179 e. The predicted molar refractivity (Wildman–Crippen MR) is 166 cm³/mol.